The van der Waals surface area contributed by atoms with Crippen LogP contribution in [0.25, 0.3) is 0 Å². The second-order valence-corrected chi connectivity index (χ2v) is 7.45. The highest BCUT2D eigenvalue weighted by molar-refractivity contribution is 7.88. The highest BCUT2D eigenvalue weighted by Crippen LogP contribution is 2.31. The van der Waals surface area contributed by atoms with Gasteiger partial charge in [-0.05, 0) is 31.2 Å². The molecule has 0 aliphatic carbocycles. The molecule has 0 bridgehead atoms. The van der Waals surface area contributed by atoms with Gasteiger partial charge in [0.25, 0.3) is 5.91 Å². The van der Waals surface area contributed by atoms with Crippen LogP contribution in [-0.2, 0) is 16.3 Å². The second-order valence-electron chi connectivity index (χ2n) is 4.54. The van der Waals surface area contributed by atoms with E-state index < -0.39 is 32.0 Å². The van der Waals surface area contributed by atoms with Gasteiger partial charge in [0.1, 0.15) is 4.21 Å². The van der Waals surface area contributed by atoms with Crippen molar-refractivity contribution in [3.8, 4) is 0 Å². The Morgan fingerprint density at radius 1 is 1.25 bits per heavy atom. The van der Waals surface area contributed by atoms with Crippen LogP contribution in [-0.4, -0.2) is 18.9 Å². The molecular formula is C13H11ClF3NO4S2. The van der Waals surface area contributed by atoms with Crippen LogP contribution in [0.1, 0.15) is 20.8 Å². The fourth-order valence-electron chi connectivity index (χ4n) is 1.78. The van der Waals surface area contributed by atoms with Crippen LogP contribution < -0.4 is 5.32 Å². The molecule has 0 saturated carbocycles. The van der Waals surface area contributed by atoms with Crippen LogP contribution in [0, 0.1) is 6.92 Å². The third-order valence-electron chi connectivity index (χ3n) is 2.84. The summed E-state index contributed by atoms with van der Waals surface area (Å²) in [5.41, 5.74) is -1.04. The molecule has 2 N–H and O–H groups in total. The number of anilines is 1. The van der Waals surface area contributed by atoms with Gasteiger partial charge in [0.15, 0.2) is 0 Å². The summed E-state index contributed by atoms with van der Waals surface area (Å²) in [5.74, 6) is -0.770. The summed E-state index contributed by atoms with van der Waals surface area (Å²) in [7, 11) is -4.45. The summed E-state index contributed by atoms with van der Waals surface area (Å²) < 4.78 is 68.5. The van der Waals surface area contributed by atoms with Crippen molar-refractivity contribution < 1.29 is 30.9 Å². The van der Waals surface area contributed by atoms with E-state index in [1.807, 2.05) is 0 Å². The number of thiophene rings is 1. The predicted molar refractivity (Wildman–Crippen MR) is 85.5 cm³/mol. The molecule has 0 aliphatic heterocycles. The van der Waals surface area contributed by atoms with Gasteiger partial charge in [-0.15, -0.1) is 23.7 Å². The molecular weight excluding hydrogens is 391 g/mol. The maximum atomic E-state index is 12.6. The molecule has 11 heteroatoms. The van der Waals surface area contributed by atoms with Gasteiger partial charge in [0, 0.05) is 10.6 Å². The minimum Gasteiger partial charge on any atom is -0.322 e. The number of hydrogen-bond donors (Lipinski definition) is 2. The smallest absolute Gasteiger partial charge is 0.322 e. The lowest BCUT2D eigenvalue weighted by molar-refractivity contribution is -0.137. The molecule has 5 nitrogen and oxygen atoms in total. The minimum absolute atomic E-state index is 0. The van der Waals surface area contributed by atoms with Crippen molar-refractivity contribution in [2.75, 3.05) is 5.32 Å². The molecule has 0 aliphatic rings. The first-order valence-electron chi connectivity index (χ1n) is 6.05. The molecule has 1 heterocycles. The zero-order chi connectivity index (χ0) is 17.4. The molecule has 0 radical (unpaired) electrons. The van der Waals surface area contributed by atoms with Crippen molar-refractivity contribution in [3.05, 3.63) is 46.3 Å². The van der Waals surface area contributed by atoms with Crippen molar-refractivity contribution in [1.82, 2.24) is 0 Å². The summed E-state index contributed by atoms with van der Waals surface area (Å²) in [5, 5.41) is 2.27. The first kappa shape index (κ1) is 20.4. The van der Waals surface area contributed by atoms with E-state index in [4.69, 9.17) is 4.55 Å². The number of carbonyl (C=O) groups is 1. The lowest BCUT2D eigenvalue weighted by Gasteiger charge is -2.09. The van der Waals surface area contributed by atoms with Gasteiger partial charge in [-0.2, -0.15) is 21.6 Å². The largest absolute Gasteiger partial charge is 0.416 e. The Hall–Kier alpha value is -1.62. The molecule has 1 aromatic heterocycles. The van der Waals surface area contributed by atoms with Crippen LogP contribution in [0.4, 0.5) is 18.9 Å². The first-order valence-corrected chi connectivity index (χ1v) is 8.30. The van der Waals surface area contributed by atoms with Gasteiger partial charge in [0.05, 0.1) is 11.1 Å². The van der Waals surface area contributed by atoms with Gasteiger partial charge in [0.2, 0.25) is 0 Å². The predicted octanol–water partition coefficient (Wildman–Crippen LogP) is 4.00. The Kier molecular flexibility index (Phi) is 6.04. The van der Waals surface area contributed by atoms with Gasteiger partial charge in [-0.25, -0.2) is 0 Å². The number of benzene rings is 1. The number of aryl methyl sites for hydroxylation is 1. The van der Waals surface area contributed by atoms with E-state index in [1.165, 1.54) is 13.0 Å². The molecule has 1 amide bonds. The van der Waals surface area contributed by atoms with E-state index >= 15 is 0 Å². The van der Waals surface area contributed by atoms with Crippen molar-refractivity contribution in [1.29, 1.82) is 0 Å². The van der Waals surface area contributed by atoms with Crippen molar-refractivity contribution in [3.63, 3.8) is 0 Å². The van der Waals surface area contributed by atoms with Gasteiger partial charge in [-0.3, -0.25) is 9.35 Å². The standard InChI is InChI=1S/C13H10F3NO4S2.ClH/c1-7-10(6-11(22-7)23(19,20)21)12(18)17-9-4-2-3-8(5-9)13(14,15)16;/h2-6H,1H3,(H,17,18)(H,19,20,21);1H. The molecule has 0 atom stereocenters. The zero-order valence-electron chi connectivity index (χ0n) is 11.9. The van der Waals surface area contributed by atoms with Gasteiger partial charge in [-0.1, -0.05) is 6.07 Å². The highest BCUT2D eigenvalue weighted by atomic mass is 35.5. The molecule has 132 valence electrons. The summed E-state index contributed by atoms with van der Waals surface area (Å²) in [6.45, 7) is 1.46. The van der Waals surface area contributed by atoms with Gasteiger partial charge >= 0.3 is 16.3 Å². The number of carbonyl (C=O) groups excluding carboxylic acids is 1. The van der Waals surface area contributed by atoms with Crippen molar-refractivity contribution in [2.24, 2.45) is 0 Å². The lowest BCUT2D eigenvalue weighted by Crippen LogP contribution is -2.13. The molecule has 1 aromatic carbocycles. The summed E-state index contributed by atoms with van der Waals surface area (Å²) in [4.78, 5) is 12.4. The molecule has 2 rings (SSSR count). The Bertz CT molecular complexity index is 862. The van der Waals surface area contributed by atoms with Crippen LogP contribution >= 0.6 is 23.7 Å². The fraction of sp³-hybridized carbons (Fsp3) is 0.154. The normalized spacial score (nSPS) is 11.7. The first-order chi connectivity index (χ1) is 10.5. The summed E-state index contributed by atoms with van der Waals surface area (Å²) >= 11 is 0.689. The molecule has 0 unspecified atom stereocenters. The van der Waals surface area contributed by atoms with E-state index in [2.05, 4.69) is 5.32 Å². The zero-order valence-corrected chi connectivity index (χ0v) is 14.4. The fourth-order valence-corrected chi connectivity index (χ4v) is 3.58. The average molecular weight is 402 g/mol. The third-order valence-corrected chi connectivity index (χ3v) is 5.20. The maximum absolute atomic E-state index is 12.6. The quantitative estimate of drug-likeness (QED) is 0.761. The maximum Gasteiger partial charge on any atom is 0.416 e. The average Bonchev–Trinajstić information content (AvgIpc) is 2.80. The topological polar surface area (TPSA) is 83.5 Å². The minimum atomic E-state index is -4.54. The molecule has 0 spiro atoms. The number of rotatable bonds is 3. The Morgan fingerprint density at radius 2 is 1.88 bits per heavy atom. The lowest BCUT2D eigenvalue weighted by atomic mass is 10.2. The Labute approximate surface area is 145 Å². The number of nitrogens with one attached hydrogen (secondary N) is 1. The van der Waals surface area contributed by atoms with E-state index in [9.17, 15) is 26.4 Å². The highest BCUT2D eigenvalue weighted by Gasteiger charge is 2.30. The van der Waals surface area contributed by atoms with Crippen molar-refractivity contribution in [2.45, 2.75) is 17.3 Å². The third kappa shape index (κ3) is 4.69. The molecule has 0 saturated heterocycles. The van der Waals surface area contributed by atoms with Crippen LogP contribution in [0.15, 0.2) is 34.5 Å². The molecule has 24 heavy (non-hydrogen) atoms. The molecule has 0 fully saturated rings. The van der Waals surface area contributed by atoms with Gasteiger partial charge < -0.3 is 5.32 Å². The summed E-state index contributed by atoms with van der Waals surface area (Å²) in [6, 6.07) is 5.02. The second kappa shape index (κ2) is 7.09. The van der Waals surface area contributed by atoms with Crippen LogP contribution in [0.2, 0.25) is 0 Å². The van der Waals surface area contributed by atoms with E-state index in [-0.39, 0.29) is 23.7 Å². The number of hydrogen-bond acceptors (Lipinski definition) is 4. The number of amides is 1. The SMILES string of the molecule is Cc1sc(S(=O)(=O)O)cc1C(=O)Nc1cccc(C(F)(F)F)c1.Cl. The Morgan fingerprint density at radius 3 is 2.38 bits per heavy atom. The summed E-state index contributed by atoms with van der Waals surface area (Å²) in [6.07, 6.45) is -4.54. The monoisotopic (exact) mass is 401 g/mol. The Balaban J connectivity index is 0.00000288. The number of halogens is 4. The van der Waals surface area contributed by atoms with Crippen molar-refractivity contribution >= 4 is 45.5 Å². The van der Waals surface area contributed by atoms with E-state index in [1.54, 1.807) is 0 Å². The van der Waals surface area contributed by atoms with E-state index in [0.29, 0.717) is 16.2 Å². The van der Waals surface area contributed by atoms with E-state index in [0.717, 1.165) is 24.3 Å². The van der Waals surface area contributed by atoms with Crippen LogP contribution in [0.5, 0.6) is 0 Å². The molecule has 2 aromatic rings. The van der Waals surface area contributed by atoms with Crippen LogP contribution in [0.3, 0.4) is 0 Å². The number of alkyl halides is 3.